The van der Waals surface area contributed by atoms with Crippen LogP contribution >= 0.6 is 0 Å². The fourth-order valence-corrected chi connectivity index (χ4v) is 9.21. The van der Waals surface area contributed by atoms with Gasteiger partial charge in [0.25, 0.3) is 5.91 Å². The van der Waals surface area contributed by atoms with Gasteiger partial charge in [-0.15, -0.1) is 0 Å². The van der Waals surface area contributed by atoms with Gasteiger partial charge in [-0.2, -0.15) is 0 Å². The molecule has 2 aliphatic carbocycles. The third-order valence-electron chi connectivity index (χ3n) is 12.2. The Morgan fingerprint density at radius 2 is 1.59 bits per heavy atom. The number of phenols is 1. The van der Waals surface area contributed by atoms with Crippen molar-refractivity contribution in [1.82, 2.24) is 14.8 Å². The molecule has 2 fully saturated rings. The van der Waals surface area contributed by atoms with Gasteiger partial charge in [0.1, 0.15) is 23.9 Å². The van der Waals surface area contributed by atoms with Crippen molar-refractivity contribution in [3.05, 3.63) is 154 Å². The number of nitrogens with zero attached hydrogens (tertiary/aromatic N) is 4. The molecule has 2 aliphatic heterocycles. The molecule has 4 aliphatic rings. The Bertz CT molecular complexity index is 2250. The molecular weight excluding hydrogens is 701 g/mol. The van der Waals surface area contributed by atoms with Crippen molar-refractivity contribution >= 4 is 23.2 Å². The van der Waals surface area contributed by atoms with Crippen LogP contribution in [-0.2, 0) is 35.7 Å². The summed E-state index contributed by atoms with van der Waals surface area (Å²) < 4.78 is 6.22. The minimum atomic E-state index is -0.495. The molecule has 1 aromatic heterocycles. The van der Waals surface area contributed by atoms with Gasteiger partial charge in [0.2, 0.25) is 0 Å². The van der Waals surface area contributed by atoms with Crippen LogP contribution in [0.1, 0.15) is 87.0 Å². The fourth-order valence-electron chi connectivity index (χ4n) is 9.21. The van der Waals surface area contributed by atoms with E-state index < -0.39 is 6.04 Å². The summed E-state index contributed by atoms with van der Waals surface area (Å²) in [5, 5.41) is 10.2. The number of phenolic OH excluding ortho intramolecular Hbond substituents is 1. The summed E-state index contributed by atoms with van der Waals surface area (Å²) >= 11 is 0. The summed E-state index contributed by atoms with van der Waals surface area (Å²) in [6.07, 6.45) is 4.60. The topological polar surface area (TPSA) is 103 Å². The molecular formula is C47H46N4O5. The summed E-state index contributed by atoms with van der Waals surface area (Å²) in [5.74, 6) is 1.42. The normalized spacial score (nSPS) is 21.2. The lowest BCUT2D eigenvalue weighted by molar-refractivity contribution is -0.133. The van der Waals surface area contributed by atoms with Gasteiger partial charge in [0.05, 0.1) is 18.2 Å². The van der Waals surface area contributed by atoms with Crippen molar-refractivity contribution in [3.8, 4) is 11.5 Å². The van der Waals surface area contributed by atoms with Crippen molar-refractivity contribution in [1.29, 1.82) is 0 Å². The standard InChI is InChI=1S/C47H46N4O5/c52-38-12-18-42-34(25-38)9-16-41(32-4-2-1-3-5-32)46(42)33-7-14-40(15-8-33)56-30-31-6-10-36(48-27-31)29-49-20-22-50(23-21-49)37-11-17-43-35(24-37)28-51(47(43)55)44-19-13-39(53)26-45(44)54/h1-8,10-12,14-15,17-18,24-25,27,41,44,46,52H,9,13,16,19-23,26,28-30H2/t41-,44?,46+/m1/s1. The number of pyridine rings is 1. The molecule has 3 heterocycles. The summed E-state index contributed by atoms with van der Waals surface area (Å²) in [4.78, 5) is 48.6. The lowest BCUT2D eigenvalue weighted by Gasteiger charge is -2.36. The first kappa shape index (κ1) is 35.9. The third kappa shape index (κ3) is 7.31. The minimum absolute atomic E-state index is 0.0310. The number of ketones is 2. The highest BCUT2D eigenvalue weighted by Crippen LogP contribution is 2.47. The molecule has 0 bridgehead atoms. The molecule has 56 heavy (non-hydrogen) atoms. The molecule has 284 valence electrons. The van der Waals surface area contributed by atoms with E-state index in [2.05, 4.69) is 88.7 Å². The van der Waals surface area contributed by atoms with Gasteiger partial charge in [-0.3, -0.25) is 24.3 Å². The Morgan fingerprint density at radius 3 is 2.36 bits per heavy atom. The number of Topliss-reactive ketones (excluding diaryl/α,β-unsaturated/α-hetero) is 2. The molecule has 9 nitrogen and oxygen atoms in total. The predicted molar refractivity (Wildman–Crippen MR) is 214 cm³/mol. The average molecular weight is 747 g/mol. The van der Waals surface area contributed by atoms with Gasteiger partial charge in [-0.05, 0) is 102 Å². The highest BCUT2D eigenvalue weighted by Gasteiger charge is 2.39. The van der Waals surface area contributed by atoms with E-state index in [4.69, 9.17) is 9.72 Å². The van der Waals surface area contributed by atoms with Gasteiger partial charge in [-0.25, -0.2) is 0 Å². The minimum Gasteiger partial charge on any atom is -0.508 e. The fraction of sp³-hybridized carbons (Fsp3) is 0.319. The van der Waals surface area contributed by atoms with Gasteiger partial charge in [0.15, 0.2) is 5.78 Å². The molecule has 5 aromatic rings. The van der Waals surface area contributed by atoms with Gasteiger partial charge >= 0.3 is 0 Å². The van der Waals surface area contributed by atoms with Crippen LogP contribution in [0.4, 0.5) is 5.69 Å². The van der Waals surface area contributed by atoms with Crippen molar-refractivity contribution < 1.29 is 24.2 Å². The van der Waals surface area contributed by atoms with Crippen LogP contribution in [0.3, 0.4) is 0 Å². The monoisotopic (exact) mass is 746 g/mol. The number of hydrogen-bond donors (Lipinski definition) is 1. The molecule has 1 saturated carbocycles. The van der Waals surface area contributed by atoms with Gasteiger partial charge < -0.3 is 19.6 Å². The molecule has 0 spiro atoms. The number of aryl methyl sites for hydroxylation is 1. The Labute approximate surface area is 327 Å². The summed E-state index contributed by atoms with van der Waals surface area (Å²) in [5.41, 5.74) is 9.84. The van der Waals surface area contributed by atoms with Crippen LogP contribution in [0.25, 0.3) is 0 Å². The van der Waals surface area contributed by atoms with Crippen molar-refractivity contribution in [3.63, 3.8) is 0 Å². The predicted octanol–water partition coefficient (Wildman–Crippen LogP) is 7.20. The number of aromatic nitrogens is 1. The first-order valence-corrected chi connectivity index (χ1v) is 19.9. The number of fused-ring (bicyclic) bond motifs is 2. The second-order valence-electron chi connectivity index (χ2n) is 15.7. The number of aromatic hydroxyl groups is 1. The van der Waals surface area contributed by atoms with E-state index in [1.165, 1.54) is 22.3 Å². The Balaban J connectivity index is 0.775. The highest BCUT2D eigenvalue weighted by molar-refractivity contribution is 6.07. The van der Waals surface area contributed by atoms with E-state index in [1.807, 2.05) is 30.5 Å². The molecule has 9 rings (SSSR count). The van der Waals surface area contributed by atoms with Gasteiger partial charge in [-0.1, -0.05) is 54.6 Å². The number of carbonyl (C=O) groups excluding carboxylic acids is 3. The highest BCUT2D eigenvalue weighted by atomic mass is 16.5. The second-order valence-corrected chi connectivity index (χ2v) is 15.7. The van der Waals surface area contributed by atoms with Gasteiger partial charge in [0, 0.05) is 74.6 Å². The molecule has 1 amide bonds. The SMILES string of the molecule is O=C1CCC(N2Cc3cc(N4CCN(Cc5ccc(COc6ccc([C@@H]7c8ccc(O)cc8CC[C@@H]7c7ccccc7)cc6)cn5)CC4)ccc3C2=O)C(=O)C1. The van der Waals surface area contributed by atoms with Crippen LogP contribution in [0, 0.1) is 0 Å². The second kappa shape index (κ2) is 15.4. The summed E-state index contributed by atoms with van der Waals surface area (Å²) in [7, 11) is 0. The quantitative estimate of drug-likeness (QED) is 0.158. The lowest BCUT2D eigenvalue weighted by Crippen LogP contribution is -2.46. The van der Waals surface area contributed by atoms with Crippen LogP contribution < -0.4 is 9.64 Å². The van der Waals surface area contributed by atoms with E-state index in [1.54, 1.807) is 4.90 Å². The van der Waals surface area contributed by atoms with Crippen LogP contribution in [-0.4, -0.2) is 69.6 Å². The van der Waals surface area contributed by atoms with Crippen molar-refractivity contribution in [2.45, 2.75) is 69.7 Å². The number of amides is 1. The summed E-state index contributed by atoms with van der Waals surface area (Å²) in [6.45, 7) is 5.17. The van der Waals surface area contributed by atoms with E-state index in [9.17, 15) is 19.5 Å². The van der Waals surface area contributed by atoms with Crippen LogP contribution in [0.5, 0.6) is 11.5 Å². The maximum Gasteiger partial charge on any atom is 0.255 e. The van der Waals surface area contributed by atoms with E-state index in [-0.39, 0.29) is 29.8 Å². The molecule has 0 radical (unpaired) electrons. The zero-order chi connectivity index (χ0) is 38.2. The van der Waals surface area contributed by atoms with Crippen LogP contribution in [0.2, 0.25) is 0 Å². The molecule has 9 heteroatoms. The first-order chi connectivity index (χ1) is 27.4. The molecule has 1 unspecified atom stereocenters. The largest absolute Gasteiger partial charge is 0.508 e. The van der Waals surface area contributed by atoms with E-state index in [0.717, 1.165) is 73.8 Å². The summed E-state index contributed by atoms with van der Waals surface area (Å²) in [6, 6.07) is 34.8. The molecule has 3 atom stereocenters. The van der Waals surface area contributed by atoms with Crippen molar-refractivity contribution in [2.75, 3.05) is 31.1 Å². The maximum atomic E-state index is 13.1. The Kier molecular flexibility index (Phi) is 9.85. The average Bonchev–Trinajstić information content (AvgIpc) is 3.55. The number of carbonyl (C=O) groups is 3. The number of anilines is 1. The lowest BCUT2D eigenvalue weighted by atomic mass is 9.69. The van der Waals surface area contributed by atoms with E-state index in [0.29, 0.717) is 43.2 Å². The Hall–Kier alpha value is -5.80. The number of rotatable bonds is 9. The third-order valence-corrected chi connectivity index (χ3v) is 12.2. The number of hydrogen-bond acceptors (Lipinski definition) is 8. The number of ether oxygens (including phenoxy) is 1. The zero-order valence-corrected chi connectivity index (χ0v) is 31.5. The van der Waals surface area contributed by atoms with Crippen molar-refractivity contribution in [2.24, 2.45) is 0 Å². The van der Waals surface area contributed by atoms with E-state index >= 15 is 0 Å². The smallest absolute Gasteiger partial charge is 0.255 e. The number of benzene rings is 4. The van der Waals surface area contributed by atoms with Crippen LogP contribution in [0.15, 0.2) is 109 Å². The Morgan fingerprint density at radius 1 is 0.768 bits per heavy atom. The first-order valence-electron chi connectivity index (χ1n) is 19.9. The molecule has 1 saturated heterocycles. The maximum absolute atomic E-state index is 13.1. The molecule has 1 N–H and O–H groups in total. The zero-order valence-electron chi connectivity index (χ0n) is 31.5. The number of piperazine rings is 1. The molecule has 4 aromatic carbocycles.